The monoisotopic (exact) mass is 291 g/mol. The number of hydrogen-bond donors (Lipinski definition) is 2. The molecule has 5 nitrogen and oxygen atoms in total. The molecule has 0 spiro atoms. The van der Waals surface area contributed by atoms with Gasteiger partial charge in [0.05, 0.1) is 12.6 Å². The van der Waals surface area contributed by atoms with Gasteiger partial charge in [0.1, 0.15) is 5.75 Å². The van der Waals surface area contributed by atoms with Crippen molar-refractivity contribution in [1.82, 2.24) is 5.32 Å². The quantitative estimate of drug-likeness (QED) is 0.511. The van der Waals surface area contributed by atoms with Gasteiger partial charge in [-0.2, -0.15) is 0 Å². The lowest BCUT2D eigenvalue weighted by molar-refractivity contribution is -0.137. The summed E-state index contributed by atoms with van der Waals surface area (Å²) in [6.07, 6.45) is 1.83. The molecule has 1 rings (SSSR count). The third kappa shape index (κ3) is 5.79. The van der Waals surface area contributed by atoms with Crippen molar-refractivity contribution in [3.05, 3.63) is 42.5 Å². The zero-order valence-electron chi connectivity index (χ0n) is 12.2. The van der Waals surface area contributed by atoms with Gasteiger partial charge in [-0.1, -0.05) is 6.08 Å². The van der Waals surface area contributed by atoms with Crippen molar-refractivity contribution in [3.63, 3.8) is 0 Å². The Morgan fingerprint density at radius 3 is 2.57 bits per heavy atom. The average molecular weight is 291 g/mol. The second kappa shape index (κ2) is 8.92. The average Bonchev–Trinajstić information content (AvgIpc) is 2.47. The van der Waals surface area contributed by atoms with Crippen LogP contribution in [-0.2, 0) is 4.79 Å². The first-order valence-electron chi connectivity index (χ1n) is 6.91. The van der Waals surface area contributed by atoms with E-state index in [1.165, 1.54) is 0 Å². The van der Waals surface area contributed by atoms with Gasteiger partial charge in [-0.25, -0.2) is 0 Å². The summed E-state index contributed by atoms with van der Waals surface area (Å²) in [6, 6.07) is 6.32. The lowest BCUT2D eigenvalue weighted by atomic mass is 10.00. The molecule has 0 aliphatic carbocycles. The van der Waals surface area contributed by atoms with Crippen LogP contribution in [0.2, 0.25) is 0 Å². The minimum Gasteiger partial charge on any atom is -0.494 e. The first kappa shape index (κ1) is 16.9. The highest BCUT2D eigenvalue weighted by molar-refractivity contribution is 6.00. The number of carboxylic acids is 1. The number of ketones is 1. The molecular formula is C16H21NO4. The minimum atomic E-state index is -0.917. The number of ether oxygens (including phenoxy) is 1. The maximum Gasteiger partial charge on any atom is 0.303 e. The molecule has 0 heterocycles. The third-order valence-corrected chi connectivity index (χ3v) is 2.92. The molecule has 0 aliphatic rings. The summed E-state index contributed by atoms with van der Waals surface area (Å²) in [5.41, 5.74) is 0.533. The van der Waals surface area contributed by atoms with Crippen LogP contribution in [0, 0.1) is 0 Å². The maximum atomic E-state index is 12.4. The van der Waals surface area contributed by atoms with E-state index < -0.39 is 12.0 Å². The molecule has 2 N–H and O–H groups in total. The Labute approximate surface area is 124 Å². The molecule has 0 saturated carbocycles. The Kier molecular flexibility index (Phi) is 7.18. The lowest BCUT2D eigenvalue weighted by Crippen LogP contribution is -2.37. The van der Waals surface area contributed by atoms with Crippen molar-refractivity contribution in [1.29, 1.82) is 0 Å². The van der Waals surface area contributed by atoms with Crippen LogP contribution in [0.1, 0.15) is 30.1 Å². The van der Waals surface area contributed by atoms with Gasteiger partial charge < -0.3 is 15.2 Å². The molecule has 0 bridgehead atoms. The Morgan fingerprint density at radius 2 is 2.05 bits per heavy atom. The summed E-state index contributed by atoms with van der Waals surface area (Å²) in [7, 11) is 0. The van der Waals surface area contributed by atoms with Gasteiger partial charge in [0.25, 0.3) is 0 Å². The number of carboxylic acid groups (broad SMARTS) is 1. The van der Waals surface area contributed by atoms with E-state index in [2.05, 4.69) is 11.9 Å². The van der Waals surface area contributed by atoms with Gasteiger partial charge in [-0.05, 0) is 37.6 Å². The van der Waals surface area contributed by atoms with Crippen LogP contribution in [0.4, 0.5) is 0 Å². The van der Waals surface area contributed by atoms with E-state index in [1.807, 2.05) is 6.92 Å². The first-order valence-corrected chi connectivity index (χ1v) is 6.91. The number of rotatable bonds is 10. The van der Waals surface area contributed by atoms with E-state index in [-0.39, 0.29) is 18.6 Å². The number of carbonyl (C=O) groups excluding carboxylic acids is 1. The van der Waals surface area contributed by atoms with E-state index >= 15 is 0 Å². The van der Waals surface area contributed by atoms with E-state index in [0.29, 0.717) is 24.5 Å². The largest absolute Gasteiger partial charge is 0.494 e. The van der Waals surface area contributed by atoms with Gasteiger partial charge in [-0.3, -0.25) is 9.59 Å². The molecule has 1 aromatic rings. The fourth-order valence-electron chi connectivity index (χ4n) is 1.90. The van der Waals surface area contributed by atoms with Gasteiger partial charge in [0.2, 0.25) is 0 Å². The number of Topliss-reactive ketones (excluding diaryl/α,β-unsaturated/α-hetero) is 1. The summed E-state index contributed by atoms with van der Waals surface area (Å²) >= 11 is 0. The zero-order valence-corrected chi connectivity index (χ0v) is 12.2. The second-order valence-corrected chi connectivity index (χ2v) is 4.50. The highest BCUT2D eigenvalue weighted by Crippen LogP contribution is 2.15. The highest BCUT2D eigenvalue weighted by Gasteiger charge is 2.20. The van der Waals surface area contributed by atoms with E-state index in [4.69, 9.17) is 9.84 Å². The molecule has 0 aliphatic heterocycles. The minimum absolute atomic E-state index is 0.0580. The van der Waals surface area contributed by atoms with Crippen LogP contribution in [0.5, 0.6) is 5.75 Å². The fraction of sp³-hybridized carbons (Fsp3) is 0.375. The van der Waals surface area contributed by atoms with Crippen molar-refractivity contribution >= 4 is 11.8 Å². The van der Waals surface area contributed by atoms with Crippen LogP contribution in [-0.4, -0.2) is 36.1 Å². The maximum absolute atomic E-state index is 12.4. The second-order valence-electron chi connectivity index (χ2n) is 4.50. The first-order chi connectivity index (χ1) is 10.1. The topological polar surface area (TPSA) is 75.6 Å². The molecule has 0 aromatic heterocycles. The molecule has 1 atom stereocenters. The number of benzene rings is 1. The molecular weight excluding hydrogens is 270 g/mol. The molecule has 1 aromatic carbocycles. The zero-order chi connectivity index (χ0) is 15.7. The molecule has 0 amide bonds. The Bertz CT molecular complexity index is 482. The van der Waals surface area contributed by atoms with Gasteiger partial charge in [-0.15, -0.1) is 6.58 Å². The van der Waals surface area contributed by atoms with Crippen LogP contribution in [0.15, 0.2) is 36.9 Å². The Morgan fingerprint density at radius 1 is 1.38 bits per heavy atom. The van der Waals surface area contributed by atoms with Crippen molar-refractivity contribution < 1.29 is 19.4 Å². The highest BCUT2D eigenvalue weighted by atomic mass is 16.5. The smallest absolute Gasteiger partial charge is 0.303 e. The third-order valence-electron chi connectivity index (χ3n) is 2.92. The van der Waals surface area contributed by atoms with Crippen molar-refractivity contribution in [2.45, 2.75) is 25.8 Å². The molecule has 21 heavy (non-hydrogen) atoms. The molecule has 5 heteroatoms. The predicted molar refractivity (Wildman–Crippen MR) is 80.8 cm³/mol. The lowest BCUT2D eigenvalue weighted by Gasteiger charge is -2.16. The predicted octanol–water partition coefficient (Wildman–Crippen LogP) is 2.28. The summed E-state index contributed by atoms with van der Waals surface area (Å²) < 4.78 is 5.33. The Hall–Kier alpha value is -2.14. The van der Waals surface area contributed by atoms with Crippen LogP contribution in [0.25, 0.3) is 0 Å². The van der Waals surface area contributed by atoms with Gasteiger partial charge in [0.15, 0.2) is 5.78 Å². The summed E-state index contributed by atoms with van der Waals surface area (Å²) in [5.74, 6) is -0.337. The molecule has 114 valence electrons. The van der Waals surface area contributed by atoms with E-state index in [0.717, 1.165) is 0 Å². The van der Waals surface area contributed by atoms with Crippen molar-refractivity contribution in [2.24, 2.45) is 0 Å². The standard InChI is InChI=1S/C16H21NO4/c1-3-11-17-14(9-10-15(18)19)16(20)12-5-7-13(8-6-12)21-4-2/h3,5-8,14,17H,1,4,9-11H2,2H3,(H,18,19). The number of aliphatic carboxylic acids is 1. The molecule has 0 fully saturated rings. The number of hydrogen-bond acceptors (Lipinski definition) is 4. The van der Waals surface area contributed by atoms with Gasteiger partial charge in [0, 0.05) is 18.5 Å². The summed E-state index contributed by atoms with van der Waals surface area (Å²) in [5, 5.41) is 11.8. The number of carbonyl (C=O) groups is 2. The normalized spacial score (nSPS) is 11.7. The van der Waals surface area contributed by atoms with Gasteiger partial charge >= 0.3 is 5.97 Å². The summed E-state index contributed by atoms with van der Waals surface area (Å²) in [4.78, 5) is 23.1. The van der Waals surface area contributed by atoms with Crippen molar-refractivity contribution in [2.75, 3.05) is 13.2 Å². The molecule has 1 unspecified atom stereocenters. The van der Waals surface area contributed by atoms with Crippen LogP contribution < -0.4 is 10.1 Å². The Balaban J connectivity index is 2.77. The fourth-order valence-corrected chi connectivity index (χ4v) is 1.90. The molecule has 0 radical (unpaired) electrons. The van der Waals surface area contributed by atoms with Crippen LogP contribution in [0.3, 0.4) is 0 Å². The summed E-state index contributed by atoms with van der Waals surface area (Å²) in [6.45, 7) is 6.49. The van der Waals surface area contributed by atoms with E-state index in [1.54, 1.807) is 30.3 Å². The number of nitrogens with one attached hydrogen (secondary N) is 1. The molecule has 0 saturated heterocycles. The van der Waals surface area contributed by atoms with Crippen molar-refractivity contribution in [3.8, 4) is 5.75 Å². The van der Waals surface area contributed by atoms with E-state index in [9.17, 15) is 9.59 Å². The SMILES string of the molecule is C=CCNC(CCC(=O)O)C(=O)c1ccc(OCC)cc1. The van der Waals surface area contributed by atoms with Crippen LogP contribution >= 0.6 is 0 Å².